The Morgan fingerprint density at radius 1 is 1.37 bits per heavy atom. The third-order valence-corrected chi connectivity index (χ3v) is 6.08. The van der Waals surface area contributed by atoms with Gasteiger partial charge in [-0.15, -0.1) is 0 Å². The number of hydrogen-bond acceptors (Lipinski definition) is 3. The zero-order valence-corrected chi connectivity index (χ0v) is 11.2. The molecule has 1 aromatic carbocycles. The predicted molar refractivity (Wildman–Crippen MR) is 67.3 cm³/mol. The van der Waals surface area contributed by atoms with Crippen molar-refractivity contribution in [2.45, 2.75) is 36.8 Å². The van der Waals surface area contributed by atoms with Crippen LogP contribution in [0.3, 0.4) is 0 Å². The van der Waals surface area contributed by atoms with Crippen LogP contribution in [0.15, 0.2) is 23.1 Å². The number of nitrogens with zero attached hydrogens (tertiary/aromatic N) is 1. The van der Waals surface area contributed by atoms with E-state index >= 15 is 0 Å². The van der Waals surface area contributed by atoms with Gasteiger partial charge in [0.1, 0.15) is 10.7 Å². The molecule has 2 aliphatic rings. The van der Waals surface area contributed by atoms with Gasteiger partial charge in [-0.25, -0.2) is 12.8 Å². The van der Waals surface area contributed by atoms with E-state index in [-0.39, 0.29) is 17.5 Å². The average molecular weight is 285 g/mol. The Bertz CT molecular complexity index is 602. The van der Waals surface area contributed by atoms with E-state index in [2.05, 4.69) is 0 Å². The Morgan fingerprint density at radius 2 is 2.16 bits per heavy atom. The molecule has 1 saturated carbocycles. The molecule has 104 valence electrons. The van der Waals surface area contributed by atoms with Crippen LogP contribution in [0.5, 0.6) is 0 Å². The summed E-state index contributed by atoms with van der Waals surface area (Å²) in [5.74, 6) is -0.353. The Balaban J connectivity index is 1.96. The molecule has 2 fully saturated rings. The number of benzene rings is 1. The highest BCUT2D eigenvalue weighted by Gasteiger charge is 2.44. The first-order valence-corrected chi connectivity index (χ1v) is 7.87. The fourth-order valence-corrected chi connectivity index (χ4v) is 4.94. The average Bonchev–Trinajstić information content (AvgIpc) is 3.00. The summed E-state index contributed by atoms with van der Waals surface area (Å²) in [7, 11) is -3.75. The second-order valence-corrected chi connectivity index (χ2v) is 7.19. The molecule has 1 N–H and O–H groups in total. The first kappa shape index (κ1) is 13.0. The van der Waals surface area contributed by atoms with Crippen LogP contribution in [0.25, 0.3) is 0 Å². The van der Waals surface area contributed by atoms with Gasteiger partial charge in [-0.1, -0.05) is 6.07 Å². The third kappa shape index (κ3) is 2.07. The van der Waals surface area contributed by atoms with Crippen molar-refractivity contribution in [3.63, 3.8) is 0 Å². The van der Waals surface area contributed by atoms with E-state index in [1.54, 1.807) is 0 Å². The lowest BCUT2D eigenvalue weighted by Crippen LogP contribution is -2.38. The third-order valence-electron chi connectivity index (χ3n) is 4.12. The molecule has 1 aromatic rings. The summed E-state index contributed by atoms with van der Waals surface area (Å²) < 4.78 is 40.3. The van der Waals surface area contributed by atoms with Gasteiger partial charge in [0.25, 0.3) is 0 Å². The summed E-state index contributed by atoms with van der Waals surface area (Å²) in [5, 5.41) is 8.93. The van der Waals surface area contributed by atoms with E-state index in [4.69, 9.17) is 5.11 Å². The van der Waals surface area contributed by atoms with Crippen molar-refractivity contribution < 1.29 is 17.9 Å². The van der Waals surface area contributed by atoms with E-state index < -0.39 is 15.8 Å². The standard InChI is InChI=1S/C13H16FNO3S/c14-12-6-10(8-16)2-4-13(12)19(17,18)15-7-9-1-3-11(15)5-9/h2,4,6,9,11,16H,1,3,5,7-8H2. The van der Waals surface area contributed by atoms with E-state index in [1.807, 2.05) is 0 Å². The maximum absolute atomic E-state index is 13.9. The molecule has 1 saturated heterocycles. The lowest BCUT2D eigenvalue weighted by Gasteiger charge is -2.26. The second-order valence-electron chi connectivity index (χ2n) is 5.33. The van der Waals surface area contributed by atoms with Gasteiger partial charge in [0.05, 0.1) is 6.61 Å². The number of fused-ring (bicyclic) bond motifs is 2. The molecule has 0 aromatic heterocycles. The number of aliphatic hydroxyl groups is 1. The van der Waals surface area contributed by atoms with Crippen LogP contribution >= 0.6 is 0 Å². The number of rotatable bonds is 3. The number of piperidine rings is 1. The van der Waals surface area contributed by atoms with Crippen molar-refractivity contribution in [2.75, 3.05) is 6.54 Å². The summed E-state index contributed by atoms with van der Waals surface area (Å²) in [6.45, 7) is 0.208. The molecule has 2 unspecified atom stereocenters. The molecule has 1 aliphatic carbocycles. The molecule has 2 atom stereocenters. The molecule has 19 heavy (non-hydrogen) atoms. The Morgan fingerprint density at radius 3 is 2.68 bits per heavy atom. The van der Waals surface area contributed by atoms with Crippen LogP contribution < -0.4 is 0 Å². The maximum Gasteiger partial charge on any atom is 0.246 e. The number of halogens is 1. The Hall–Kier alpha value is -0.980. The molecule has 3 rings (SSSR count). The lowest BCUT2D eigenvalue weighted by molar-refractivity contribution is 0.281. The van der Waals surface area contributed by atoms with Gasteiger partial charge in [0.2, 0.25) is 10.0 Å². The summed E-state index contributed by atoms with van der Waals surface area (Å²) in [6.07, 6.45) is 2.85. The van der Waals surface area contributed by atoms with E-state index in [1.165, 1.54) is 16.4 Å². The molecule has 1 heterocycles. The van der Waals surface area contributed by atoms with Crippen LogP contribution in [0.2, 0.25) is 0 Å². The quantitative estimate of drug-likeness (QED) is 0.915. The van der Waals surface area contributed by atoms with Gasteiger partial charge in [-0.2, -0.15) is 4.31 Å². The molecule has 0 radical (unpaired) electrons. The number of sulfonamides is 1. The van der Waals surface area contributed by atoms with Crippen LogP contribution in [0, 0.1) is 11.7 Å². The van der Waals surface area contributed by atoms with Crippen molar-refractivity contribution >= 4 is 10.0 Å². The van der Waals surface area contributed by atoms with E-state index in [0.29, 0.717) is 18.0 Å². The first-order chi connectivity index (χ1) is 9.02. The minimum absolute atomic E-state index is 0.0342. The first-order valence-electron chi connectivity index (χ1n) is 6.43. The molecule has 6 heteroatoms. The Labute approximate surface area is 111 Å². The fourth-order valence-electron chi connectivity index (χ4n) is 3.15. The summed E-state index contributed by atoms with van der Waals surface area (Å²) in [6, 6.07) is 3.82. The summed E-state index contributed by atoms with van der Waals surface area (Å²) >= 11 is 0. The highest BCUT2D eigenvalue weighted by Crippen LogP contribution is 2.40. The normalized spacial score (nSPS) is 27.1. The van der Waals surface area contributed by atoms with Crippen molar-refractivity contribution in [3.05, 3.63) is 29.6 Å². The molecule has 0 amide bonds. The van der Waals surface area contributed by atoms with Gasteiger partial charge in [0.15, 0.2) is 0 Å². The van der Waals surface area contributed by atoms with E-state index in [9.17, 15) is 12.8 Å². The molecule has 2 bridgehead atoms. The van der Waals surface area contributed by atoms with Crippen molar-refractivity contribution in [3.8, 4) is 0 Å². The highest BCUT2D eigenvalue weighted by molar-refractivity contribution is 7.89. The van der Waals surface area contributed by atoms with Crippen LogP contribution in [0.4, 0.5) is 4.39 Å². The molecule has 0 spiro atoms. The zero-order valence-electron chi connectivity index (χ0n) is 10.4. The van der Waals surface area contributed by atoms with Crippen LogP contribution in [-0.4, -0.2) is 30.4 Å². The van der Waals surface area contributed by atoms with Crippen LogP contribution in [0.1, 0.15) is 24.8 Å². The molecular formula is C13H16FNO3S. The van der Waals surface area contributed by atoms with Gasteiger partial charge >= 0.3 is 0 Å². The van der Waals surface area contributed by atoms with Gasteiger partial charge < -0.3 is 5.11 Å². The van der Waals surface area contributed by atoms with Crippen LogP contribution in [-0.2, 0) is 16.6 Å². The van der Waals surface area contributed by atoms with Gasteiger partial charge in [0, 0.05) is 12.6 Å². The zero-order chi connectivity index (χ0) is 13.6. The number of hydrogen-bond donors (Lipinski definition) is 1. The molecule has 4 nitrogen and oxygen atoms in total. The lowest BCUT2D eigenvalue weighted by atomic mass is 10.1. The minimum atomic E-state index is -3.75. The topological polar surface area (TPSA) is 57.6 Å². The van der Waals surface area contributed by atoms with Gasteiger partial charge in [-0.3, -0.25) is 0 Å². The maximum atomic E-state index is 13.9. The largest absolute Gasteiger partial charge is 0.392 e. The van der Waals surface area contributed by atoms with Crippen molar-refractivity contribution in [1.82, 2.24) is 4.31 Å². The summed E-state index contributed by atoms with van der Waals surface area (Å²) in [4.78, 5) is -0.280. The SMILES string of the molecule is O=S(=O)(c1ccc(CO)cc1F)N1CC2CCC1C2. The fraction of sp³-hybridized carbons (Fsp3) is 0.538. The summed E-state index contributed by atoms with van der Waals surface area (Å²) in [5.41, 5.74) is 0.374. The smallest absolute Gasteiger partial charge is 0.246 e. The molecule has 1 aliphatic heterocycles. The minimum Gasteiger partial charge on any atom is -0.392 e. The number of aliphatic hydroxyl groups excluding tert-OH is 1. The van der Waals surface area contributed by atoms with Crippen molar-refractivity contribution in [2.24, 2.45) is 5.92 Å². The van der Waals surface area contributed by atoms with Crippen molar-refractivity contribution in [1.29, 1.82) is 0 Å². The monoisotopic (exact) mass is 285 g/mol. The predicted octanol–water partition coefficient (Wildman–Crippen LogP) is 1.49. The highest BCUT2D eigenvalue weighted by atomic mass is 32.2. The van der Waals surface area contributed by atoms with E-state index in [0.717, 1.165) is 25.3 Å². The molecular weight excluding hydrogens is 269 g/mol. The Kier molecular flexibility index (Phi) is 3.11. The second kappa shape index (κ2) is 4.54. The van der Waals surface area contributed by atoms with Gasteiger partial charge in [-0.05, 0) is 42.9 Å².